The highest BCUT2D eigenvalue weighted by atomic mass is 35.5. The maximum Gasteiger partial charge on any atom is 0.232 e. The van der Waals surface area contributed by atoms with Crippen molar-refractivity contribution >= 4 is 29.1 Å². The predicted molar refractivity (Wildman–Crippen MR) is 146 cm³/mol. The summed E-state index contributed by atoms with van der Waals surface area (Å²) >= 11 is 6.01. The normalized spacial score (nSPS) is 16.7. The van der Waals surface area contributed by atoms with Gasteiger partial charge < -0.3 is 10.1 Å². The van der Waals surface area contributed by atoms with Crippen LogP contribution in [0, 0.1) is 0 Å². The predicted octanol–water partition coefficient (Wildman–Crippen LogP) is 5.39. The first-order valence-electron chi connectivity index (χ1n) is 12.5. The first-order valence-corrected chi connectivity index (χ1v) is 12.9. The number of ketones is 1. The minimum atomic E-state index is -0.375. The van der Waals surface area contributed by atoms with Crippen molar-refractivity contribution in [1.82, 2.24) is 15.5 Å². The largest absolute Gasteiger partial charge is 0.457 e. The van der Waals surface area contributed by atoms with E-state index < -0.39 is 0 Å². The lowest BCUT2D eigenvalue weighted by Crippen LogP contribution is -2.46. The van der Waals surface area contributed by atoms with Gasteiger partial charge in [0.1, 0.15) is 17.3 Å². The molecule has 3 aromatic carbocycles. The van der Waals surface area contributed by atoms with Crippen molar-refractivity contribution in [3.05, 3.63) is 118 Å². The van der Waals surface area contributed by atoms with Gasteiger partial charge >= 0.3 is 0 Å². The SMILES string of the molecule is O=C1CNCC2=C1C(c1cccc(Oc3ccc(Cl)cc3)c1)c1cn[nH]c1N2C(=O)CCc1ccccc1. The third-order valence-corrected chi connectivity index (χ3v) is 7.14. The van der Waals surface area contributed by atoms with Crippen molar-refractivity contribution in [2.75, 3.05) is 18.0 Å². The van der Waals surface area contributed by atoms with Crippen LogP contribution in [0.5, 0.6) is 11.5 Å². The fourth-order valence-electron chi connectivity index (χ4n) is 5.17. The Morgan fingerprint density at radius 2 is 1.82 bits per heavy atom. The number of hydrogen-bond donors (Lipinski definition) is 2. The number of rotatable bonds is 6. The van der Waals surface area contributed by atoms with Crippen molar-refractivity contribution in [3.63, 3.8) is 0 Å². The molecule has 7 nitrogen and oxygen atoms in total. The average molecular weight is 525 g/mol. The summed E-state index contributed by atoms with van der Waals surface area (Å²) < 4.78 is 6.07. The molecular weight excluding hydrogens is 500 g/mol. The summed E-state index contributed by atoms with van der Waals surface area (Å²) in [7, 11) is 0. The molecule has 0 fully saturated rings. The van der Waals surface area contributed by atoms with Crippen LogP contribution in [0.4, 0.5) is 5.82 Å². The number of aromatic nitrogens is 2. The average Bonchev–Trinajstić information content (AvgIpc) is 3.42. The summed E-state index contributed by atoms with van der Waals surface area (Å²) in [5.74, 6) is 1.41. The molecular formula is C30H25ClN4O3. The maximum atomic E-state index is 13.6. The lowest BCUT2D eigenvalue weighted by atomic mass is 9.79. The number of H-pyrrole nitrogens is 1. The van der Waals surface area contributed by atoms with E-state index in [1.165, 1.54) is 0 Å². The van der Waals surface area contributed by atoms with E-state index in [4.69, 9.17) is 16.3 Å². The molecule has 2 aliphatic heterocycles. The first kappa shape index (κ1) is 24.2. The Bertz CT molecular complexity index is 1530. The van der Waals surface area contributed by atoms with Crippen LogP contribution in [0.25, 0.3) is 0 Å². The van der Waals surface area contributed by atoms with E-state index in [-0.39, 0.29) is 24.2 Å². The van der Waals surface area contributed by atoms with Gasteiger partial charge in [0.25, 0.3) is 0 Å². The van der Waals surface area contributed by atoms with Gasteiger partial charge in [-0.2, -0.15) is 5.10 Å². The molecule has 0 bridgehead atoms. The number of carbonyl (C=O) groups excluding carboxylic acids is 2. The summed E-state index contributed by atoms with van der Waals surface area (Å²) in [4.78, 5) is 28.6. The Kier molecular flexibility index (Phi) is 6.54. The van der Waals surface area contributed by atoms with E-state index in [0.29, 0.717) is 53.0 Å². The standard InChI is InChI=1S/C30H25ClN4O3/c31-21-10-12-22(13-11-21)38-23-8-4-7-20(15-23)28-24-16-33-34-30(24)35(25-17-32-18-26(36)29(25)28)27(37)14-9-19-5-2-1-3-6-19/h1-8,10-13,15-16,28,32H,9,14,17-18H2,(H,33,34). The minimum Gasteiger partial charge on any atom is -0.457 e. The van der Waals surface area contributed by atoms with Crippen LogP contribution >= 0.6 is 11.6 Å². The second-order valence-electron chi connectivity index (χ2n) is 9.34. The molecule has 2 N–H and O–H groups in total. The van der Waals surface area contributed by atoms with E-state index in [2.05, 4.69) is 15.5 Å². The number of benzene rings is 3. The third-order valence-electron chi connectivity index (χ3n) is 6.89. The summed E-state index contributed by atoms with van der Waals surface area (Å²) in [6.45, 7) is 0.629. The maximum absolute atomic E-state index is 13.6. The van der Waals surface area contributed by atoms with Gasteiger partial charge in [-0.3, -0.25) is 19.6 Å². The molecule has 38 heavy (non-hydrogen) atoms. The summed E-state index contributed by atoms with van der Waals surface area (Å²) in [5.41, 5.74) is 4.05. The van der Waals surface area contributed by atoms with E-state index in [1.54, 1.807) is 35.4 Å². The lowest BCUT2D eigenvalue weighted by molar-refractivity contribution is -0.118. The molecule has 3 heterocycles. The van der Waals surface area contributed by atoms with Crippen LogP contribution in [0.3, 0.4) is 0 Å². The Labute approximate surface area is 225 Å². The van der Waals surface area contributed by atoms with Gasteiger partial charge in [-0.1, -0.05) is 54.1 Å². The fourth-order valence-corrected chi connectivity index (χ4v) is 5.29. The second-order valence-corrected chi connectivity index (χ2v) is 9.77. The quantitative estimate of drug-likeness (QED) is 0.353. The molecule has 1 amide bonds. The van der Waals surface area contributed by atoms with Crippen LogP contribution in [0.2, 0.25) is 5.02 Å². The monoisotopic (exact) mass is 524 g/mol. The van der Waals surface area contributed by atoms with E-state index in [1.807, 2.05) is 54.6 Å². The van der Waals surface area contributed by atoms with Crippen LogP contribution in [-0.2, 0) is 16.0 Å². The number of aromatic amines is 1. The zero-order valence-electron chi connectivity index (χ0n) is 20.5. The number of halogens is 1. The molecule has 1 aromatic heterocycles. The molecule has 0 saturated heterocycles. The Morgan fingerprint density at radius 3 is 2.63 bits per heavy atom. The zero-order valence-corrected chi connectivity index (χ0v) is 21.2. The minimum absolute atomic E-state index is 0.0343. The van der Waals surface area contributed by atoms with Crippen molar-refractivity contribution in [2.24, 2.45) is 0 Å². The van der Waals surface area contributed by atoms with Crippen LogP contribution < -0.4 is 15.0 Å². The number of carbonyl (C=O) groups is 2. The molecule has 0 saturated carbocycles. The highest BCUT2D eigenvalue weighted by Gasteiger charge is 2.41. The highest BCUT2D eigenvalue weighted by Crippen LogP contribution is 2.45. The van der Waals surface area contributed by atoms with Gasteiger partial charge in [0.15, 0.2) is 5.78 Å². The summed E-state index contributed by atoms with van der Waals surface area (Å²) in [6.07, 6.45) is 2.63. The number of aryl methyl sites for hydroxylation is 1. The molecule has 6 rings (SSSR count). The van der Waals surface area contributed by atoms with E-state index >= 15 is 0 Å². The molecule has 190 valence electrons. The number of hydrogen-bond acceptors (Lipinski definition) is 5. The number of nitrogens with zero attached hydrogens (tertiary/aromatic N) is 2. The van der Waals surface area contributed by atoms with Crippen LogP contribution in [-0.4, -0.2) is 35.0 Å². The molecule has 4 aromatic rings. The van der Waals surface area contributed by atoms with Gasteiger partial charge in [0.2, 0.25) is 5.91 Å². The van der Waals surface area contributed by atoms with Crippen molar-refractivity contribution < 1.29 is 14.3 Å². The summed E-state index contributed by atoms with van der Waals surface area (Å²) in [5, 5.41) is 11.1. The number of amides is 1. The molecule has 0 aliphatic carbocycles. The second kappa shape index (κ2) is 10.3. The number of anilines is 1. The number of nitrogens with one attached hydrogen (secondary N) is 2. The van der Waals surface area contributed by atoms with Crippen molar-refractivity contribution in [1.29, 1.82) is 0 Å². The molecule has 8 heteroatoms. The number of fused-ring (bicyclic) bond motifs is 1. The van der Waals surface area contributed by atoms with Gasteiger partial charge in [0, 0.05) is 40.7 Å². The highest BCUT2D eigenvalue weighted by molar-refractivity contribution is 6.30. The smallest absolute Gasteiger partial charge is 0.232 e. The fraction of sp³-hybridized carbons (Fsp3) is 0.167. The Balaban J connectivity index is 1.36. The third kappa shape index (κ3) is 4.62. The van der Waals surface area contributed by atoms with E-state index in [0.717, 1.165) is 16.7 Å². The Morgan fingerprint density at radius 1 is 1.00 bits per heavy atom. The molecule has 1 atom stereocenters. The topological polar surface area (TPSA) is 87.3 Å². The summed E-state index contributed by atoms with van der Waals surface area (Å²) in [6, 6.07) is 24.7. The molecule has 2 aliphatic rings. The van der Waals surface area contributed by atoms with Gasteiger partial charge in [-0.05, 0) is 53.9 Å². The van der Waals surface area contributed by atoms with Crippen molar-refractivity contribution in [2.45, 2.75) is 18.8 Å². The molecule has 0 spiro atoms. The number of Topliss-reactive ketones (excluding diaryl/α,β-unsaturated/α-hetero) is 1. The molecule has 0 radical (unpaired) electrons. The number of ether oxygens (including phenoxy) is 1. The molecule has 1 unspecified atom stereocenters. The van der Waals surface area contributed by atoms with Gasteiger partial charge in [-0.25, -0.2) is 0 Å². The van der Waals surface area contributed by atoms with E-state index in [9.17, 15) is 9.59 Å². The zero-order chi connectivity index (χ0) is 26.1. The van der Waals surface area contributed by atoms with Crippen LogP contribution in [0.1, 0.15) is 29.0 Å². The van der Waals surface area contributed by atoms with Crippen molar-refractivity contribution in [3.8, 4) is 11.5 Å². The first-order chi connectivity index (χ1) is 18.6. The lowest BCUT2D eigenvalue weighted by Gasteiger charge is -2.38. The Hall–Kier alpha value is -4.20. The van der Waals surface area contributed by atoms with Gasteiger partial charge in [0.05, 0.1) is 12.7 Å². The van der Waals surface area contributed by atoms with Gasteiger partial charge in [-0.15, -0.1) is 0 Å². The van der Waals surface area contributed by atoms with Crippen LogP contribution in [0.15, 0.2) is 96.3 Å².